The molecule has 0 heterocycles. The minimum absolute atomic E-state index is 0.0386. The molecule has 4 nitrogen and oxygen atoms in total. The molecule has 0 aliphatic carbocycles. The summed E-state index contributed by atoms with van der Waals surface area (Å²) in [5, 5.41) is 5.58. The summed E-state index contributed by atoms with van der Waals surface area (Å²) >= 11 is 0. The first kappa shape index (κ1) is 18.7. The fraction of sp³-hybridized carbons (Fsp3) is 0.333. The number of hydrogen-bond acceptors (Lipinski definition) is 2. The lowest BCUT2D eigenvalue weighted by molar-refractivity contribution is -0.120. The second-order valence-electron chi connectivity index (χ2n) is 6.37. The highest BCUT2D eigenvalue weighted by atomic mass is 16.2. The smallest absolute Gasteiger partial charge is 0.251 e. The average molecular weight is 338 g/mol. The summed E-state index contributed by atoms with van der Waals surface area (Å²) in [6, 6.07) is 13.6. The van der Waals surface area contributed by atoms with Gasteiger partial charge in [-0.15, -0.1) is 0 Å². The van der Waals surface area contributed by atoms with Crippen LogP contribution >= 0.6 is 0 Å². The third-order valence-electron chi connectivity index (χ3n) is 4.44. The maximum absolute atomic E-state index is 12.1. The Morgan fingerprint density at radius 3 is 2.28 bits per heavy atom. The molecule has 25 heavy (non-hydrogen) atoms. The summed E-state index contributed by atoms with van der Waals surface area (Å²) in [4.78, 5) is 24.2. The molecular weight excluding hydrogens is 312 g/mol. The van der Waals surface area contributed by atoms with Crippen LogP contribution in [0.15, 0.2) is 42.5 Å². The monoisotopic (exact) mass is 338 g/mol. The summed E-state index contributed by atoms with van der Waals surface area (Å²) in [6.07, 6.45) is 0.992. The Morgan fingerprint density at radius 2 is 1.68 bits per heavy atom. The molecular formula is C21H26N2O2. The van der Waals surface area contributed by atoms with Gasteiger partial charge in [-0.2, -0.15) is 0 Å². The SMILES string of the molecule is CCc1ccc([C@@H](C)NC(=O)CNC(=O)c2ccc(C)c(C)c2)cc1. The van der Waals surface area contributed by atoms with Crippen molar-refractivity contribution in [3.63, 3.8) is 0 Å². The third-order valence-corrected chi connectivity index (χ3v) is 4.44. The van der Waals surface area contributed by atoms with Crippen LogP contribution in [0.2, 0.25) is 0 Å². The molecule has 0 aliphatic heterocycles. The lowest BCUT2D eigenvalue weighted by atomic mass is 10.0. The quantitative estimate of drug-likeness (QED) is 0.847. The van der Waals surface area contributed by atoms with Crippen molar-refractivity contribution in [3.05, 3.63) is 70.3 Å². The highest BCUT2D eigenvalue weighted by Gasteiger charge is 2.12. The van der Waals surface area contributed by atoms with E-state index in [1.165, 1.54) is 5.56 Å². The Bertz CT molecular complexity index is 751. The molecule has 132 valence electrons. The van der Waals surface area contributed by atoms with Crippen LogP contribution in [0, 0.1) is 13.8 Å². The first-order valence-corrected chi connectivity index (χ1v) is 8.64. The van der Waals surface area contributed by atoms with Gasteiger partial charge in [-0.25, -0.2) is 0 Å². The molecule has 0 bridgehead atoms. The molecule has 0 saturated carbocycles. The summed E-state index contributed by atoms with van der Waals surface area (Å²) in [5.41, 5.74) is 5.08. The van der Waals surface area contributed by atoms with Crippen LogP contribution in [0.4, 0.5) is 0 Å². The molecule has 2 N–H and O–H groups in total. The average Bonchev–Trinajstić information content (AvgIpc) is 2.62. The topological polar surface area (TPSA) is 58.2 Å². The van der Waals surface area contributed by atoms with E-state index in [0.29, 0.717) is 5.56 Å². The number of carbonyl (C=O) groups is 2. The normalized spacial score (nSPS) is 11.7. The lowest BCUT2D eigenvalue weighted by Crippen LogP contribution is -2.38. The molecule has 0 unspecified atom stereocenters. The van der Waals surface area contributed by atoms with Gasteiger partial charge in [0, 0.05) is 5.56 Å². The van der Waals surface area contributed by atoms with Gasteiger partial charge in [0.25, 0.3) is 5.91 Å². The Hall–Kier alpha value is -2.62. The van der Waals surface area contributed by atoms with E-state index >= 15 is 0 Å². The molecule has 0 saturated heterocycles. The Balaban J connectivity index is 1.86. The molecule has 0 fully saturated rings. The van der Waals surface area contributed by atoms with Crippen LogP contribution in [0.3, 0.4) is 0 Å². The van der Waals surface area contributed by atoms with Crippen LogP contribution in [0.25, 0.3) is 0 Å². The third kappa shape index (κ3) is 5.18. The molecule has 1 atom stereocenters. The fourth-order valence-electron chi connectivity index (χ4n) is 2.56. The molecule has 2 aromatic rings. The van der Waals surface area contributed by atoms with Crippen molar-refractivity contribution >= 4 is 11.8 Å². The predicted octanol–water partition coefficient (Wildman–Crippen LogP) is 3.47. The van der Waals surface area contributed by atoms with Gasteiger partial charge < -0.3 is 10.6 Å². The number of amides is 2. The zero-order valence-corrected chi connectivity index (χ0v) is 15.3. The zero-order valence-electron chi connectivity index (χ0n) is 15.3. The van der Waals surface area contributed by atoms with E-state index in [-0.39, 0.29) is 24.4 Å². The summed E-state index contributed by atoms with van der Waals surface area (Å²) in [5.74, 6) is -0.442. The minimum atomic E-state index is -0.238. The largest absolute Gasteiger partial charge is 0.348 e. The van der Waals surface area contributed by atoms with Crippen molar-refractivity contribution in [2.75, 3.05) is 6.54 Å². The van der Waals surface area contributed by atoms with E-state index < -0.39 is 0 Å². The van der Waals surface area contributed by atoms with E-state index in [0.717, 1.165) is 23.1 Å². The minimum Gasteiger partial charge on any atom is -0.348 e. The van der Waals surface area contributed by atoms with E-state index in [1.807, 2.05) is 45.0 Å². The Labute approximate surface area is 149 Å². The molecule has 4 heteroatoms. The Morgan fingerprint density at radius 1 is 1.00 bits per heavy atom. The summed E-state index contributed by atoms with van der Waals surface area (Å²) in [7, 11) is 0. The van der Waals surface area contributed by atoms with E-state index in [4.69, 9.17) is 0 Å². The first-order valence-electron chi connectivity index (χ1n) is 8.64. The maximum atomic E-state index is 12.1. The molecule has 2 amide bonds. The van der Waals surface area contributed by atoms with Crippen LogP contribution in [0.1, 0.15) is 52.5 Å². The van der Waals surface area contributed by atoms with Gasteiger partial charge in [-0.3, -0.25) is 9.59 Å². The summed E-state index contributed by atoms with van der Waals surface area (Å²) < 4.78 is 0. The van der Waals surface area contributed by atoms with Crippen molar-refractivity contribution in [3.8, 4) is 0 Å². The van der Waals surface area contributed by atoms with Gasteiger partial charge in [0.15, 0.2) is 0 Å². The zero-order chi connectivity index (χ0) is 18.4. The first-order chi connectivity index (χ1) is 11.9. The lowest BCUT2D eigenvalue weighted by Gasteiger charge is -2.15. The van der Waals surface area contributed by atoms with E-state index in [2.05, 4.69) is 29.7 Å². The molecule has 2 aromatic carbocycles. The van der Waals surface area contributed by atoms with Crippen molar-refractivity contribution in [1.29, 1.82) is 0 Å². The number of nitrogens with one attached hydrogen (secondary N) is 2. The second-order valence-corrected chi connectivity index (χ2v) is 6.37. The number of aryl methyl sites for hydroxylation is 3. The summed E-state index contributed by atoms with van der Waals surface area (Å²) in [6.45, 7) is 7.97. The van der Waals surface area contributed by atoms with Crippen molar-refractivity contribution in [1.82, 2.24) is 10.6 Å². The van der Waals surface area contributed by atoms with Crippen LogP contribution in [0.5, 0.6) is 0 Å². The fourth-order valence-corrected chi connectivity index (χ4v) is 2.56. The molecule has 0 aromatic heterocycles. The van der Waals surface area contributed by atoms with Crippen LogP contribution in [-0.2, 0) is 11.2 Å². The van der Waals surface area contributed by atoms with Crippen molar-refractivity contribution in [2.24, 2.45) is 0 Å². The number of benzene rings is 2. The predicted molar refractivity (Wildman–Crippen MR) is 101 cm³/mol. The Kier molecular flexibility index (Phi) is 6.34. The van der Waals surface area contributed by atoms with Crippen LogP contribution in [-0.4, -0.2) is 18.4 Å². The number of rotatable bonds is 6. The van der Waals surface area contributed by atoms with Crippen LogP contribution < -0.4 is 10.6 Å². The number of carbonyl (C=O) groups excluding carboxylic acids is 2. The van der Waals surface area contributed by atoms with Gasteiger partial charge >= 0.3 is 0 Å². The number of hydrogen-bond donors (Lipinski definition) is 2. The highest BCUT2D eigenvalue weighted by Crippen LogP contribution is 2.13. The molecule has 0 radical (unpaired) electrons. The van der Waals surface area contributed by atoms with Gasteiger partial charge in [0.1, 0.15) is 0 Å². The second kappa shape index (κ2) is 8.47. The van der Waals surface area contributed by atoms with E-state index in [1.54, 1.807) is 6.07 Å². The molecule has 0 spiro atoms. The van der Waals surface area contributed by atoms with Gasteiger partial charge in [0.05, 0.1) is 12.6 Å². The van der Waals surface area contributed by atoms with Gasteiger partial charge in [-0.05, 0) is 61.6 Å². The van der Waals surface area contributed by atoms with Crippen molar-refractivity contribution < 1.29 is 9.59 Å². The van der Waals surface area contributed by atoms with E-state index in [9.17, 15) is 9.59 Å². The van der Waals surface area contributed by atoms with Gasteiger partial charge in [0.2, 0.25) is 5.91 Å². The standard InChI is InChI=1S/C21H26N2O2/c1-5-17-7-10-18(11-8-17)16(4)23-20(24)13-22-21(25)19-9-6-14(2)15(3)12-19/h6-12,16H,5,13H2,1-4H3,(H,22,25)(H,23,24)/t16-/m1/s1. The molecule has 2 rings (SSSR count). The maximum Gasteiger partial charge on any atom is 0.251 e. The van der Waals surface area contributed by atoms with Gasteiger partial charge in [-0.1, -0.05) is 37.3 Å². The highest BCUT2D eigenvalue weighted by molar-refractivity contribution is 5.96. The van der Waals surface area contributed by atoms with Crippen molar-refractivity contribution in [2.45, 2.75) is 40.2 Å². The molecule has 0 aliphatic rings.